The van der Waals surface area contributed by atoms with Gasteiger partial charge in [-0.15, -0.1) is 0 Å². The SMILES string of the molecule is CC(=O)COCCOCCNC(=O)CC[C@H](C=O)NC(=O)C(C)(C)CC(C)(C)C(=O)O. The Balaban J connectivity index is 4.23. The highest BCUT2D eigenvalue weighted by molar-refractivity contribution is 5.86. The average Bonchev–Trinajstić information content (AvgIpc) is 2.65. The van der Waals surface area contributed by atoms with Gasteiger partial charge in [0, 0.05) is 18.4 Å². The smallest absolute Gasteiger partial charge is 0.309 e. The molecule has 0 spiro atoms. The van der Waals surface area contributed by atoms with Gasteiger partial charge in [-0.3, -0.25) is 19.2 Å². The number of nitrogens with one attached hydrogen (secondary N) is 2. The zero-order valence-corrected chi connectivity index (χ0v) is 19.1. The van der Waals surface area contributed by atoms with Crippen LogP contribution in [0.5, 0.6) is 0 Å². The molecule has 0 radical (unpaired) electrons. The lowest BCUT2D eigenvalue weighted by molar-refractivity contribution is -0.150. The Morgan fingerprint density at radius 2 is 1.61 bits per heavy atom. The molecule has 1 atom stereocenters. The van der Waals surface area contributed by atoms with Gasteiger partial charge in [0.05, 0.1) is 31.3 Å². The molecule has 0 aromatic heterocycles. The molecule has 0 fully saturated rings. The summed E-state index contributed by atoms with van der Waals surface area (Å²) >= 11 is 0. The van der Waals surface area contributed by atoms with Crippen LogP contribution in [0.3, 0.4) is 0 Å². The van der Waals surface area contributed by atoms with Crippen molar-refractivity contribution in [3.05, 3.63) is 0 Å². The van der Waals surface area contributed by atoms with Crippen molar-refractivity contribution in [3.63, 3.8) is 0 Å². The Morgan fingerprint density at radius 3 is 2.16 bits per heavy atom. The summed E-state index contributed by atoms with van der Waals surface area (Å²) in [5.41, 5.74) is -2.10. The van der Waals surface area contributed by atoms with E-state index in [-0.39, 0.29) is 57.3 Å². The quantitative estimate of drug-likeness (QED) is 0.219. The van der Waals surface area contributed by atoms with Crippen molar-refractivity contribution in [2.45, 2.75) is 59.9 Å². The molecule has 0 aromatic carbocycles. The minimum Gasteiger partial charge on any atom is -0.481 e. The molecule has 2 amide bonds. The lowest BCUT2D eigenvalue weighted by Crippen LogP contribution is -2.46. The summed E-state index contributed by atoms with van der Waals surface area (Å²) in [6.07, 6.45) is 0.812. The molecule has 0 unspecified atom stereocenters. The molecule has 0 heterocycles. The predicted molar refractivity (Wildman–Crippen MR) is 112 cm³/mol. The zero-order valence-electron chi connectivity index (χ0n) is 19.1. The number of hydrogen-bond donors (Lipinski definition) is 3. The van der Waals surface area contributed by atoms with E-state index in [2.05, 4.69) is 10.6 Å². The highest BCUT2D eigenvalue weighted by atomic mass is 16.5. The number of carboxylic acid groups (broad SMARTS) is 1. The molecule has 0 saturated heterocycles. The monoisotopic (exact) mass is 444 g/mol. The molecule has 0 rings (SSSR count). The van der Waals surface area contributed by atoms with Gasteiger partial charge in [-0.05, 0) is 33.6 Å². The second-order valence-corrected chi connectivity index (χ2v) is 8.72. The fourth-order valence-corrected chi connectivity index (χ4v) is 2.87. The van der Waals surface area contributed by atoms with Crippen LogP contribution in [-0.4, -0.2) is 74.0 Å². The van der Waals surface area contributed by atoms with Gasteiger partial charge in [-0.2, -0.15) is 0 Å². The molecule has 10 nitrogen and oxygen atoms in total. The van der Waals surface area contributed by atoms with Gasteiger partial charge in [0.1, 0.15) is 12.9 Å². The van der Waals surface area contributed by atoms with Crippen LogP contribution in [0.2, 0.25) is 0 Å². The minimum atomic E-state index is -1.10. The number of carbonyl (C=O) groups is 5. The Hall–Kier alpha value is -2.33. The van der Waals surface area contributed by atoms with Crippen LogP contribution in [-0.2, 0) is 33.4 Å². The molecular weight excluding hydrogens is 408 g/mol. The third-order valence-corrected chi connectivity index (χ3v) is 4.49. The van der Waals surface area contributed by atoms with Crippen LogP contribution in [0.1, 0.15) is 53.9 Å². The first-order valence-corrected chi connectivity index (χ1v) is 10.2. The van der Waals surface area contributed by atoms with Crippen molar-refractivity contribution in [1.29, 1.82) is 0 Å². The number of ether oxygens (including phenoxy) is 2. The van der Waals surface area contributed by atoms with E-state index in [1.54, 1.807) is 13.8 Å². The summed E-state index contributed by atoms with van der Waals surface area (Å²) < 4.78 is 10.3. The van der Waals surface area contributed by atoms with Gasteiger partial charge in [-0.25, -0.2) is 0 Å². The Labute approximate surface area is 183 Å². The van der Waals surface area contributed by atoms with E-state index in [1.165, 1.54) is 20.8 Å². The maximum absolute atomic E-state index is 12.5. The third kappa shape index (κ3) is 12.8. The fourth-order valence-electron chi connectivity index (χ4n) is 2.87. The normalized spacial score (nSPS) is 12.7. The van der Waals surface area contributed by atoms with Crippen molar-refractivity contribution in [1.82, 2.24) is 10.6 Å². The molecule has 10 heteroatoms. The minimum absolute atomic E-state index is 0.0342. The van der Waals surface area contributed by atoms with Gasteiger partial charge in [0.15, 0.2) is 5.78 Å². The van der Waals surface area contributed by atoms with Gasteiger partial charge in [0.2, 0.25) is 11.8 Å². The molecule has 178 valence electrons. The Kier molecular flexibility index (Phi) is 12.8. The van der Waals surface area contributed by atoms with E-state index in [9.17, 15) is 29.1 Å². The molecule has 0 saturated carbocycles. The summed E-state index contributed by atoms with van der Waals surface area (Å²) in [5.74, 6) is -1.81. The summed E-state index contributed by atoms with van der Waals surface area (Å²) in [6, 6.07) is -0.847. The van der Waals surface area contributed by atoms with Crippen LogP contribution in [0, 0.1) is 10.8 Å². The number of hydrogen-bond acceptors (Lipinski definition) is 7. The standard InChI is InChI=1S/C21H36N2O8/c1-15(25)13-31-11-10-30-9-8-22-17(26)7-6-16(12-24)23-18(27)20(2,3)14-21(4,5)19(28)29/h12,16H,6-11,13-14H2,1-5H3,(H,22,26)(H,23,27)(H,28,29)/t16-/m1/s1. The van der Waals surface area contributed by atoms with E-state index in [0.717, 1.165) is 0 Å². The van der Waals surface area contributed by atoms with Crippen LogP contribution >= 0.6 is 0 Å². The highest BCUT2D eigenvalue weighted by Crippen LogP contribution is 2.34. The van der Waals surface area contributed by atoms with Gasteiger partial charge in [-0.1, -0.05) is 13.8 Å². The third-order valence-electron chi connectivity index (χ3n) is 4.49. The first-order chi connectivity index (χ1) is 14.3. The zero-order chi connectivity index (χ0) is 24.1. The van der Waals surface area contributed by atoms with E-state index in [0.29, 0.717) is 12.9 Å². The number of Topliss-reactive ketones (excluding diaryl/α,β-unsaturated/α-hetero) is 1. The lowest BCUT2D eigenvalue weighted by atomic mass is 9.74. The second kappa shape index (κ2) is 13.9. The second-order valence-electron chi connectivity index (χ2n) is 8.72. The first kappa shape index (κ1) is 28.7. The molecule has 0 aliphatic heterocycles. The molecule has 0 bridgehead atoms. The molecule has 3 N–H and O–H groups in total. The van der Waals surface area contributed by atoms with Gasteiger partial charge in [0.25, 0.3) is 0 Å². The Bertz CT molecular complexity index is 631. The molecular formula is C21H36N2O8. The topological polar surface area (TPSA) is 148 Å². The van der Waals surface area contributed by atoms with Crippen molar-refractivity contribution in [3.8, 4) is 0 Å². The largest absolute Gasteiger partial charge is 0.481 e. The van der Waals surface area contributed by atoms with E-state index in [4.69, 9.17) is 9.47 Å². The number of aliphatic carboxylic acids is 1. The lowest BCUT2D eigenvalue weighted by Gasteiger charge is -2.31. The predicted octanol–water partition coefficient (Wildman–Crippen LogP) is 0.716. The molecule has 0 aliphatic rings. The average molecular weight is 445 g/mol. The summed E-state index contributed by atoms with van der Waals surface area (Å²) in [7, 11) is 0. The number of aldehydes is 1. The van der Waals surface area contributed by atoms with Crippen molar-refractivity contribution >= 4 is 29.9 Å². The fraction of sp³-hybridized carbons (Fsp3) is 0.762. The number of ketones is 1. The summed E-state index contributed by atoms with van der Waals surface area (Å²) in [6.45, 7) is 8.92. The number of rotatable bonds is 17. The van der Waals surface area contributed by atoms with Gasteiger partial charge >= 0.3 is 5.97 Å². The summed E-state index contributed by atoms with van der Waals surface area (Å²) in [5, 5.41) is 14.5. The number of amides is 2. The molecule has 0 aliphatic carbocycles. The van der Waals surface area contributed by atoms with Gasteiger partial charge < -0.3 is 30.0 Å². The van der Waals surface area contributed by atoms with Crippen LogP contribution in [0.25, 0.3) is 0 Å². The van der Waals surface area contributed by atoms with E-state index in [1.807, 2.05) is 0 Å². The maximum atomic E-state index is 12.5. The summed E-state index contributed by atoms with van der Waals surface area (Å²) in [4.78, 5) is 57.7. The molecule has 31 heavy (non-hydrogen) atoms. The van der Waals surface area contributed by atoms with Crippen molar-refractivity contribution < 1.29 is 38.6 Å². The van der Waals surface area contributed by atoms with Crippen molar-refractivity contribution in [2.24, 2.45) is 10.8 Å². The Morgan fingerprint density at radius 1 is 1.00 bits per heavy atom. The van der Waals surface area contributed by atoms with Crippen molar-refractivity contribution in [2.75, 3.05) is 33.0 Å². The number of carbonyl (C=O) groups excluding carboxylic acids is 4. The van der Waals surface area contributed by atoms with Crippen LogP contribution in [0.4, 0.5) is 0 Å². The van der Waals surface area contributed by atoms with E-state index < -0.39 is 28.7 Å². The molecule has 0 aromatic rings. The number of carboxylic acids is 1. The van der Waals surface area contributed by atoms with E-state index >= 15 is 0 Å². The van der Waals surface area contributed by atoms with Crippen LogP contribution < -0.4 is 10.6 Å². The highest BCUT2D eigenvalue weighted by Gasteiger charge is 2.39. The van der Waals surface area contributed by atoms with Crippen LogP contribution in [0.15, 0.2) is 0 Å². The maximum Gasteiger partial charge on any atom is 0.309 e. The first-order valence-electron chi connectivity index (χ1n) is 10.2.